The van der Waals surface area contributed by atoms with Gasteiger partial charge in [-0.3, -0.25) is 5.32 Å². The van der Waals surface area contributed by atoms with E-state index in [2.05, 4.69) is 67.4 Å². The minimum absolute atomic E-state index is 0.0331. The molecule has 1 unspecified atom stereocenters. The molecule has 0 aromatic heterocycles. The number of hydrogen-bond donors (Lipinski definition) is 1. The van der Waals surface area contributed by atoms with Crippen LogP contribution in [0.15, 0.2) is 29.3 Å². The van der Waals surface area contributed by atoms with Crippen molar-refractivity contribution in [1.29, 1.82) is 0 Å². The Morgan fingerprint density at radius 3 is 2.50 bits per heavy atom. The summed E-state index contributed by atoms with van der Waals surface area (Å²) in [5, 5.41) is 3.77. The fourth-order valence-corrected chi connectivity index (χ4v) is 3.52. The van der Waals surface area contributed by atoms with E-state index < -0.39 is 0 Å². The summed E-state index contributed by atoms with van der Waals surface area (Å²) in [6.45, 7) is 2.36. The van der Waals surface area contributed by atoms with Gasteiger partial charge in [-0.25, -0.2) is 4.99 Å². The molecule has 1 heterocycles. The first-order valence-corrected chi connectivity index (χ1v) is 8.39. The predicted octanol–water partition coefficient (Wildman–Crippen LogP) is 2.90. The summed E-state index contributed by atoms with van der Waals surface area (Å²) < 4.78 is 0. The SMILES string of the molecule is CC1CCC(NC2N=C(N(C)C)c3ccccc3N2C)CC1. The molecule has 1 N–H and O–H groups in total. The lowest BCUT2D eigenvalue weighted by Crippen LogP contribution is -2.51. The van der Waals surface area contributed by atoms with E-state index in [4.69, 9.17) is 4.99 Å². The number of amidine groups is 1. The van der Waals surface area contributed by atoms with Crippen molar-refractivity contribution in [2.75, 3.05) is 26.0 Å². The van der Waals surface area contributed by atoms with E-state index >= 15 is 0 Å². The quantitative estimate of drug-likeness (QED) is 0.911. The minimum atomic E-state index is 0.0331. The second-order valence-corrected chi connectivity index (χ2v) is 6.97. The largest absolute Gasteiger partial charge is 0.362 e. The van der Waals surface area contributed by atoms with Crippen LogP contribution in [0.5, 0.6) is 0 Å². The van der Waals surface area contributed by atoms with Gasteiger partial charge in [0.1, 0.15) is 5.84 Å². The molecule has 1 saturated carbocycles. The summed E-state index contributed by atoms with van der Waals surface area (Å²) in [6.07, 6.45) is 5.22. The lowest BCUT2D eigenvalue weighted by atomic mass is 9.87. The molecule has 1 atom stereocenters. The molecule has 1 aromatic carbocycles. The zero-order valence-electron chi connectivity index (χ0n) is 14.2. The van der Waals surface area contributed by atoms with Crippen molar-refractivity contribution in [3.8, 4) is 0 Å². The van der Waals surface area contributed by atoms with Gasteiger partial charge in [-0.15, -0.1) is 0 Å². The number of rotatable bonds is 2. The Labute approximate surface area is 134 Å². The van der Waals surface area contributed by atoms with Crippen LogP contribution >= 0.6 is 0 Å². The molecule has 0 amide bonds. The van der Waals surface area contributed by atoms with Crippen LogP contribution < -0.4 is 10.2 Å². The molecule has 0 radical (unpaired) electrons. The van der Waals surface area contributed by atoms with Gasteiger partial charge in [-0.2, -0.15) is 0 Å². The molecule has 1 aromatic rings. The zero-order valence-corrected chi connectivity index (χ0v) is 14.2. The second-order valence-electron chi connectivity index (χ2n) is 6.97. The van der Waals surface area contributed by atoms with Crippen LogP contribution in [-0.4, -0.2) is 44.2 Å². The number of aliphatic imine (C=N–C) groups is 1. The van der Waals surface area contributed by atoms with Crippen LogP contribution in [0.4, 0.5) is 5.69 Å². The Balaban J connectivity index is 1.82. The minimum Gasteiger partial charge on any atom is -0.362 e. The molecule has 0 bridgehead atoms. The molecule has 1 fully saturated rings. The topological polar surface area (TPSA) is 30.9 Å². The average Bonchev–Trinajstić information content (AvgIpc) is 2.52. The molecule has 3 rings (SSSR count). The second kappa shape index (κ2) is 6.29. The van der Waals surface area contributed by atoms with Gasteiger partial charge in [0.2, 0.25) is 0 Å². The maximum Gasteiger partial charge on any atom is 0.178 e. The van der Waals surface area contributed by atoms with Crippen LogP contribution in [0.25, 0.3) is 0 Å². The summed E-state index contributed by atoms with van der Waals surface area (Å²) in [4.78, 5) is 9.35. The number of nitrogens with one attached hydrogen (secondary N) is 1. The molecule has 4 nitrogen and oxygen atoms in total. The van der Waals surface area contributed by atoms with Crippen molar-refractivity contribution in [3.63, 3.8) is 0 Å². The van der Waals surface area contributed by atoms with Gasteiger partial charge in [0.15, 0.2) is 6.29 Å². The highest BCUT2D eigenvalue weighted by molar-refractivity contribution is 6.04. The fraction of sp³-hybridized carbons (Fsp3) is 0.611. The summed E-state index contributed by atoms with van der Waals surface area (Å²) >= 11 is 0. The molecule has 4 heteroatoms. The first-order chi connectivity index (χ1) is 10.6. The van der Waals surface area contributed by atoms with Crippen molar-refractivity contribution in [1.82, 2.24) is 10.2 Å². The Bertz CT molecular complexity index is 544. The number of anilines is 1. The summed E-state index contributed by atoms with van der Waals surface area (Å²) in [5.74, 6) is 1.94. The van der Waals surface area contributed by atoms with E-state index in [-0.39, 0.29) is 6.29 Å². The predicted molar refractivity (Wildman–Crippen MR) is 93.4 cm³/mol. The van der Waals surface area contributed by atoms with E-state index in [1.165, 1.54) is 36.9 Å². The summed E-state index contributed by atoms with van der Waals surface area (Å²) in [5.41, 5.74) is 2.47. The molecule has 0 spiro atoms. The first kappa shape index (κ1) is 15.3. The van der Waals surface area contributed by atoms with Gasteiger partial charge in [0.05, 0.1) is 5.69 Å². The van der Waals surface area contributed by atoms with Gasteiger partial charge < -0.3 is 9.80 Å². The van der Waals surface area contributed by atoms with Crippen molar-refractivity contribution in [3.05, 3.63) is 29.8 Å². The third-order valence-electron chi connectivity index (χ3n) is 4.96. The van der Waals surface area contributed by atoms with Crippen LogP contribution in [0.1, 0.15) is 38.2 Å². The Kier molecular flexibility index (Phi) is 4.39. The van der Waals surface area contributed by atoms with Gasteiger partial charge >= 0.3 is 0 Å². The standard InChI is InChI=1S/C18H28N4/c1-13-9-11-14(12-10-13)19-18-20-17(21(2)3)15-7-5-6-8-16(15)22(18)4/h5-8,13-14,18-19H,9-12H2,1-4H3. The van der Waals surface area contributed by atoms with Gasteiger partial charge in [-0.1, -0.05) is 19.1 Å². The molecule has 0 saturated heterocycles. The lowest BCUT2D eigenvalue weighted by molar-refractivity contribution is 0.285. The van der Waals surface area contributed by atoms with Crippen LogP contribution in [0.2, 0.25) is 0 Å². The van der Waals surface area contributed by atoms with Crippen LogP contribution in [0, 0.1) is 5.92 Å². The number of benzene rings is 1. The maximum atomic E-state index is 4.97. The van der Waals surface area contributed by atoms with Gasteiger partial charge in [-0.05, 0) is 43.7 Å². The smallest absolute Gasteiger partial charge is 0.178 e. The zero-order chi connectivity index (χ0) is 15.7. The molecule has 120 valence electrons. The van der Waals surface area contributed by atoms with Crippen molar-refractivity contribution >= 4 is 11.5 Å². The molecular formula is C18H28N4. The highest BCUT2D eigenvalue weighted by Gasteiger charge is 2.28. The summed E-state index contributed by atoms with van der Waals surface area (Å²) in [7, 11) is 6.28. The molecule has 2 aliphatic rings. The summed E-state index contributed by atoms with van der Waals surface area (Å²) in [6, 6.07) is 9.12. The van der Waals surface area contributed by atoms with E-state index in [0.717, 1.165) is 11.8 Å². The third kappa shape index (κ3) is 2.98. The van der Waals surface area contributed by atoms with Gasteiger partial charge in [0, 0.05) is 32.7 Å². The van der Waals surface area contributed by atoms with E-state index in [1.807, 2.05) is 0 Å². The lowest BCUT2D eigenvalue weighted by Gasteiger charge is -2.39. The average molecular weight is 300 g/mol. The van der Waals surface area contributed by atoms with E-state index in [9.17, 15) is 0 Å². The highest BCUT2D eigenvalue weighted by Crippen LogP contribution is 2.29. The van der Waals surface area contributed by atoms with E-state index in [1.54, 1.807) is 0 Å². The number of fused-ring (bicyclic) bond motifs is 1. The maximum absolute atomic E-state index is 4.97. The van der Waals surface area contributed by atoms with E-state index in [0.29, 0.717) is 6.04 Å². The van der Waals surface area contributed by atoms with Crippen molar-refractivity contribution < 1.29 is 0 Å². The van der Waals surface area contributed by atoms with Crippen LogP contribution in [-0.2, 0) is 0 Å². The molecule has 22 heavy (non-hydrogen) atoms. The number of para-hydroxylation sites is 1. The third-order valence-corrected chi connectivity index (χ3v) is 4.96. The molecular weight excluding hydrogens is 272 g/mol. The Morgan fingerprint density at radius 2 is 1.82 bits per heavy atom. The normalized spacial score (nSPS) is 28.1. The van der Waals surface area contributed by atoms with Gasteiger partial charge in [0.25, 0.3) is 0 Å². The number of nitrogens with zero attached hydrogens (tertiary/aromatic N) is 3. The molecule has 1 aliphatic heterocycles. The fourth-order valence-electron chi connectivity index (χ4n) is 3.52. The van der Waals surface area contributed by atoms with Crippen molar-refractivity contribution in [2.45, 2.75) is 44.9 Å². The van der Waals surface area contributed by atoms with Crippen molar-refractivity contribution in [2.24, 2.45) is 10.9 Å². The number of hydrogen-bond acceptors (Lipinski definition) is 4. The highest BCUT2D eigenvalue weighted by atomic mass is 15.4. The monoisotopic (exact) mass is 300 g/mol. The first-order valence-electron chi connectivity index (χ1n) is 8.39. The Morgan fingerprint density at radius 1 is 1.14 bits per heavy atom. The van der Waals surface area contributed by atoms with Crippen LogP contribution in [0.3, 0.4) is 0 Å². The Hall–Kier alpha value is -1.55. The molecule has 1 aliphatic carbocycles.